The SMILES string of the molecule is C=Cc1cccc2cc(O)cc(-c3c(F)cc4c(N5CC6CCC(C5)N6)nc(OC[C@@H]5CCCN5CCCCCN5CCN(c6ccc7c(c6)CN([C@H]6CCC(=O)NC6=O)C7=O)CC5)nc4c3F)c12. The fourth-order valence-corrected chi connectivity index (χ4v) is 11.9. The lowest BCUT2D eigenvalue weighted by Gasteiger charge is -2.36. The van der Waals surface area contributed by atoms with Crippen LogP contribution in [0.1, 0.15) is 79.3 Å². The van der Waals surface area contributed by atoms with Gasteiger partial charge in [0.2, 0.25) is 11.8 Å². The molecule has 3 N–H and O–H groups in total. The summed E-state index contributed by atoms with van der Waals surface area (Å²) in [6.07, 6.45) is 9.63. The topological polar surface area (TPSA) is 147 Å². The van der Waals surface area contributed by atoms with Gasteiger partial charge in [-0.25, -0.2) is 8.78 Å². The van der Waals surface area contributed by atoms with Crippen LogP contribution in [0.25, 0.3) is 38.9 Å². The Kier molecular flexibility index (Phi) is 12.4. The standard InChI is InChI=1S/C53H59F2N9O5/c1-2-32-8-6-9-33-25-39(65)26-41(46(32)33)47-43(54)27-42-49(48(47)55)58-53(59-50(42)63-29-35-11-12-36(30-63)56-35)69-31-38-10-7-19-61(38)18-5-3-4-17-60-20-22-62(23-21-60)37-13-14-40-34(24-37)28-64(52(40)68)44-15-16-45(66)57-51(44)67/h2,6,8-9,13-14,24-27,35-36,38,44,56,65H,1,3-5,7,10-12,15-23,28-31H2,(H,57,66,67)/t35?,36?,38-,44-/m0/s1. The van der Waals surface area contributed by atoms with Crippen LogP contribution in [0.2, 0.25) is 0 Å². The molecular formula is C53H59F2N9O5. The van der Waals surface area contributed by atoms with Crippen molar-refractivity contribution in [1.29, 1.82) is 0 Å². The van der Waals surface area contributed by atoms with Crippen molar-refractivity contribution < 1.29 is 33.0 Å². The lowest BCUT2D eigenvalue weighted by Crippen LogP contribution is -2.52. The number of hydrogen-bond donors (Lipinski definition) is 3. The van der Waals surface area contributed by atoms with E-state index < -0.39 is 23.6 Å². The molecular weight excluding hydrogens is 881 g/mol. The van der Waals surface area contributed by atoms with E-state index in [9.17, 15) is 19.5 Å². The summed E-state index contributed by atoms with van der Waals surface area (Å²) in [5.74, 6) is -2.05. The molecule has 0 radical (unpaired) electrons. The van der Waals surface area contributed by atoms with Gasteiger partial charge in [-0.1, -0.05) is 37.3 Å². The number of nitrogens with zero attached hydrogens (tertiary/aromatic N) is 7. The molecule has 4 atom stereocenters. The van der Waals surface area contributed by atoms with Crippen LogP contribution in [0.3, 0.4) is 0 Å². The molecule has 7 heterocycles. The molecule has 5 fully saturated rings. The highest BCUT2D eigenvalue weighted by Crippen LogP contribution is 2.42. The number of hydrogen-bond acceptors (Lipinski definition) is 12. The number of carbonyl (C=O) groups excluding carboxylic acids is 3. The van der Waals surface area contributed by atoms with E-state index >= 15 is 8.78 Å². The number of halogens is 2. The van der Waals surface area contributed by atoms with Crippen molar-refractivity contribution in [2.75, 3.05) is 75.3 Å². The Bertz CT molecular complexity index is 2840. The van der Waals surface area contributed by atoms with Crippen LogP contribution in [0.5, 0.6) is 11.8 Å². The number of imide groups is 1. The molecule has 0 spiro atoms. The fourth-order valence-electron chi connectivity index (χ4n) is 11.9. The van der Waals surface area contributed by atoms with Gasteiger partial charge >= 0.3 is 6.01 Å². The summed E-state index contributed by atoms with van der Waals surface area (Å²) in [5.41, 5.74) is 3.28. The number of phenols is 1. The first-order valence-electron chi connectivity index (χ1n) is 24.8. The Labute approximate surface area is 400 Å². The van der Waals surface area contributed by atoms with E-state index in [-0.39, 0.29) is 64.8 Å². The molecule has 5 aromatic rings. The molecule has 0 aliphatic carbocycles. The first-order valence-corrected chi connectivity index (χ1v) is 24.8. The van der Waals surface area contributed by atoms with Gasteiger partial charge in [-0.3, -0.25) is 29.5 Å². The quantitative estimate of drug-likeness (QED) is 0.0814. The van der Waals surface area contributed by atoms with Crippen LogP contribution < -0.4 is 25.2 Å². The molecule has 360 valence electrons. The number of aromatic nitrogens is 2. The van der Waals surface area contributed by atoms with E-state index in [2.05, 4.69) is 47.9 Å². The third kappa shape index (κ3) is 8.87. The molecule has 6 aliphatic heterocycles. The zero-order valence-electron chi connectivity index (χ0n) is 38.9. The summed E-state index contributed by atoms with van der Waals surface area (Å²) < 4.78 is 40.1. The van der Waals surface area contributed by atoms with E-state index in [1.807, 2.05) is 24.3 Å². The van der Waals surface area contributed by atoms with Crippen LogP contribution in [0.15, 0.2) is 61.2 Å². The van der Waals surface area contributed by atoms with Crippen LogP contribution in [-0.2, 0) is 16.1 Å². The third-order valence-electron chi connectivity index (χ3n) is 15.4. The Balaban J connectivity index is 0.710. The summed E-state index contributed by atoms with van der Waals surface area (Å²) in [6, 6.07) is 15.9. The third-order valence-corrected chi connectivity index (χ3v) is 15.4. The van der Waals surface area contributed by atoms with Gasteiger partial charge in [-0.05, 0) is 128 Å². The van der Waals surface area contributed by atoms with Crippen molar-refractivity contribution in [3.05, 3.63) is 89.5 Å². The minimum Gasteiger partial charge on any atom is -0.508 e. The molecule has 5 saturated heterocycles. The average Bonchev–Trinajstić information content (AvgIpc) is 4.05. The number of fused-ring (bicyclic) bond motifs is 5. The number of amides is 3. The first kappa shape index (κ1) is 45.2. The molecule has 4 aromatic carbocycles. The number of unbranched alkanes of at least 4 members (excludes halogenated alkanes) is 2. The molecule has 2 unspecified atom stereocenters. The molecule has 3 amide bonds. The zero-order valence-corrected chi connectivity index (χ0v) is 38.9. The normalized spacial score (nSPS) is 23.1. The monoisotopic (exact) mass is 939 g/mol. The van der Waals surface area contributed by atoms with E-state index in [1.54, 1.807) is 23.1 Å². The maximum Gasteiger partial charge on any atom is 0.319 e. The summed E-state index contributed by atoms with van der Waals surface area (Å²) >= 11 is 0. The molecule has 14 nitrogen and oxygen atoms in total. The number of rotatable bonds is 14. The highest BCUT2D eigenvalue weighted by molar-refractivity contribution is 6.06. The predicted octanol–water partition coefficient (Wildman–Crippen LogP) is 6.61. The van der Waals surface area contributed by atoms with Crippen molar-refractivity contribution >= 4 is 57.0 Å². The van der Waals surface area contributed by atoms with Gasteiger partial charge < -0.3 is 29.9 Å². The summed E-state index contributed by atoms with van der Waals surface area (Å²) in [4.78, 5) is 58.0. The fraction of sp³-hybridized carbons (Fsp3) is 0.453. The zero-order chi connectivity index (χ0) is 47.3. The number of aromatic hydroxyl groups is 1. The summed E-state index contributed by atoms with van der Waals surface area (Å²) in [7, 11) is 0. The Hall–Kier alpha value is -6.23. The first-order chi connectivity index (χ1) is 33.6. The maximum absolute atomic E-state index is 17.2. The van der Waals surface area contributed by atoms with Crippen molar-refractivity contribution in [1.82, 2.24) is 35.3 Å². The number of nitrogens with one attached hydrogen (secondary N) is 2. The lowest BCUT2D eigenvalue weighted by molar-refractivity contribution is -0.136. The lowest BCUT2D eigenvalue weighted by atomic mass is 9.92. The molecule has 6 aliphatic rings. The van der Waals surface area contributed by atoms with Gasteiger partial charge in [0.25, 0.3) is 5.91 Å². The van der Waals surface area contributed by atoms with Crippen LogP contribution >= 0.6 is 0 Å². The smallest absolute Gasteiger partial charge is 0.319 e. The van der Waals surface area contributed by atoms with Gasteiger partial charge in [-0.2, -0.15) is 9.97 Å². The van der Waals surface area contributed by atoms with Gasteiger partial charge in [0, 0.05) is 87.0 Å². The second-order valence-corrected chi connectivity index (χ2v) is 19.7. The van der Waals surface area contributed by atoms with Gasteiger partial charge in [-0.15, -0.1) is 0 Å². The predicted molar refractivity (Wildman–Crippen MR) is 261 cm³/mol. The minimum atomic E-state index is -0.828. The van der Waals surface area contributed by atoms with E-state index in [4.69, 9.17) is 9.72 Å². The number of ether oxygens (including phenoxy) is 1. The molecule has 2 bridgehead atoms. The van der Waals surface area contributed by atoms with E-state index in [0.29, 0.717) is 65.8 Å². The molecule has 16 heteroatoms. The van der Waals surface area contributed by atoms with Crippen molar-refractivity contribution in [2.45, 2.75) is 88.5 Å². The number of likely N-dealkylation sites (tertiary alicyclic amines) is 1. The number of piperazine rings is 2. The number of benzene rings is 4. The van der Waals surface area contributed by atoms with Gasteiger partial charge in [0.1, 0.15) is 35.6 Å². The van der Waals surface area contributed by atoms with Crippen LogP contribution in [0, 0.1) is 11.6 Å². The Morgan fingerprint density at radius 1 is 0.855 bits per heavy atom. The largest absolute Gasteiger partial charge is 0.508 e. The van der Waals surface area contributed by atoms with Crippen LogP contribution in [-0.4, -0.2) is 137 Å². The number of anilines is 2. The molecule has 11 rings (SSSR count). The van der Waals surface area contributed by atoms with Gasteiger partial charge in [0.05, 0.1) is 5.56 Å². The molecule has 1 aromatic heterocycles. The average molecular weight is 940 g/mol. The highest BCUT2D eigenvalue weighted by atomic mass is 19.1. The van der Waals surface area contributed by atoms with Gasteiger partial charge in [0.15, 0.2) is 5.82 Å². The van der Waals surface area contributed by atoms with Crippen molar-refractivity contribution in [3.8, 4) is 22.9 Å². The second kappa shape index (κ2) is 18.9. The minimum absolute atomic E-state index is 0.0180. The van der Waals surface area contributed by atoms with Crippen molar-refractivity contribution in [2.24, 2.45) is 0 Å². The highest BCUT2D eigenvalue weighted by Gasteiger charge is 2.40. The maximum atomic E-state index is 17.2. The Morgan fingerprint density at radius 3 is 2.46 bits per heavy atom. The van der Waals surface area contributed by atoms with E-state index in [0.717, 1.165) is 102 Å². The van der Waals surface area contributed by atoms with Crippen molar-refractivity contribution in [3.63, 3.8) is 0 Å². The summed E-state index contributed by atoms with van der Waals surface area (Å²) in [6.45, 7) is 12.7. The number of carbonyl (C=O) groups is 3. The second-order valence-electron chi connectivity index (χ2n) is 19.7. The molecule has 0 saturated carbocycles. The number of piperidine rings is 1. The molecule has 69 heavy (non-hydrogen) atoms. The van der Waals surface area contributed by atoms with E-state index in [1.165, 1.54) is 12.1 Å². The number of phenolic OH excluding ortho intramolecular Hbond substituents is 1. The summed E-state index contributed by atoms with van der Waals surface area (Å²) in [5, 5.41) is 18.3. The van der Waals surface area contributed by atoms with Crippen LogP contribution in [0.4, 0.5) is 20.3 Å². The Morgan fingerprint density at radius 2 is 1.67 bits per heavy atom.